The molecule has 0 unspecified atom stereocenters. The van der Waals surface area contributed by atoms with Crippen molar-refractivity contribution in [3.63, 3.8) is 0 Å². The molecular formula is C7H7ClO2. The predicted octanol–water partition coefficient (Wildman–Crippen LogP) is 1.43. The first-order valence-electron chi connectivity index (χ1n) is 3.05. The Morgan fingerprint density at radius 3 is 2.30 bits per heavy atom. The molecule has 0 atom stereocenters. The quantitative estimate of drug-likeness (QED) is 0.541. The van der Waals surface area contributed by atoms with Crippen LogP contribution in [0.2, 0.25) is 0 Å². The van der Waals surface area contributed by atoms with Crippen LogP contribution in [0.4, 0.5) is 0 Å². The monoisotopic (exact) mass is 158 g/mol. The molecular weight excluding hydrogens is 152 g/mol. The number of ketones is 2. The lowest BCUT2D eigenvalue weighted by Crippen LogP contribution is -2.04. The Kier molecular flexibility index (Phi) is 1.90. The van der Waals surface area contributed by atoms with Crippen molar-refractivity contribution in [3.05, 3.63) is 10.6 Å². The number of carbonyl (C=O) groups excluding carboxylic acids is 2. The molecule has 0 aromatic heterocycles. The van der Waals surface area contributed by atoms with E-state index in [0.717, 1.165) is 0 Å². The fourth-order valence-corrected chi connectivity index (χ4v) is 1.34. The molecule has 54 valence electrons. The van der Waals surface area contributed by atoms with Crippen molar-refractivity contribution < 1.29 is 9.59 Å². The average molecular weight is 159 g/mol. The molecule has 0 amide bonds. The Labute approximate surface area is 63.9 Å². The molecule has 0 bridgehead atoms. The van der Waals surface area contributed by atoms with Gasteiger partial charge in [0.15, 0.2) is 11.6 Å². The maximum Gasteiger partial charge on any atom is 0.167 e. The summed E-state index contributed by atoms with van der Waals surface area (Å²) in [4.78, 5) is 21.6. The molecule has 0 aliphatic heterocycles. The molecule has 2 nitrogen and oxygen atoms in total. The number of halogens is 1. The van der Waals surface area contributed by atoms with E-state index in [1.807, 2.05) is 0 Å². The number of Topliss-reactive ketones (excluding diaryl/α,β-unsaturated/α-hetero) is 2. The largest absolute Gasteiger partial charge is 0.294 e. The predicted molar refractivity (Wildman–Crippen MR) is 37.8 cm³/mol. The van der Waals surface area contributed by atoms with Crippen LogP contribution in [0, 0.1) is 0 Å². The van der Waals surface area contributed by atoms with Crippen molar-refractivity contribution in [2.75, 3.05) is 0 Å². The first kappa shape index (κ1) is 7.48. The smallest absolute Gasteiger partial charge is 0.167 e. The van der Waals surface area contributed by atoms with Crippen LogP contribution in [0.15, 0.2) is 10.6 Å². The van der Waals surface area contributed by atoms with Crippen LogP contribution in [-0.4, -0.2) is 11.6 Å². The highest BCUT2D eigenvalue weighted by molar-refractivity contribution is 6.38. The second kappa shape index (κ2) is 2.54. The molecule has 10 heavy (non-hydrogen) atoms. The minimum atomic E-state index is -0.215. The molecule has 0 fully saturated rings. The van der Waals surface area contributed by atoms with Crippen LogP contribution in [0.25, 0.3) is 0 Å². The molecule has 0 saturated carbocycles. The van der Waals surface area contributed by atoms with Crippen molar-refractivity contribution in [1.82, 2.24) is 0 Å². The van der Waals surface area contributed by atoms with Crippen molar-refractivity contribution >= 4 is 23.2 Å². The number of rotatable bonds is 1. The van der Waals surface area contributed by atoms with Gasteiger partial charge in [0, 0.05) is 11.5 Å². The Bertz CT molecular complexity index is 228. The third-order valence-corrected chi connectivity index (χ3v) is 1.85. The van der Waals surface area contributed by atoms with E-state index in [2.05, 4.69) is 0 Å². The summed E-state index contributed by atoms with van der Waals surface area (Å²) in [5, 5.41) is 0.428. The first-order chi connectivity index (χ1) is 4.63. The third kappa shape index (κ3) is 1.12. The van der Waals surface area contributed by atoms with E-state index in [0.29, 0.717) is 17.9 Å². The Morgan fingerprint density at radius 1 is 1.50 bits per heavy atom. The molecule has 3 heteroatoms. The summed E-state index contributed by atoms with van der Waals surface area (Å²) >= 11 is 5.61. The average Bonchev–Trinajstić information content (AvgIpc) is 2.11. The molecule has 0 heterocycles. The van der Waals surface area contributed by atoms with Gasteiger partial charge in [-0.15, -0.1) is 0 Å². The van der Waals surface area contributed by atoms with Crippen LogP contribution >= 0.6 is 11.6 Å². The van der Waals surface area contributed by atoms with Crippen molar-refractivity contribution in [1.29, 1.82) is 0 Å². The first-order valence-corrected chi connectivity index (χ1v) is 3.43. The minimum absolute atomic E-state index is 0.113. The van der Waals surface area contributed by atoms with Gasteiger partial charge in [0.1, 0.15) is 0 Å². The normalized spacial score (nSPS) is 18.4. The van der Waals surface area contributed by atoms with E-state index in [1.54, 1.807) is 0 Å². The van der Waals surface area contributed by atoms with Gasteiger partial charge in [-0.3, -0.25) is 9.59 Å². The highest BCUT2D eigenvalue weighted by Crippen LogP contribution is 2.26. The summed E-state index contributed by atoms with van der Waals surface area (Å²) < 4.78 is 0. The molecule has 0 radical (unpaired) electrons. The number of hydrogen-bond donors (Lipinski definition) is 0. The van der Waals surface area contributed by atoms with Gasteiger partial charge in [0.25, 0.3) is 0 Å². The van der Waals surface area contributed by atoms with Gasteiger partial charge in [0.05, 0.1) is 5.57 Å². The molecule has 1 aliphatic rings. The number of carbonyl (C=O) groups is 2. The van der Waals surface area contributed by atoms with Crippen LogP contribution in [0.1, 0.15) is 19.8 Å². The van der Waals surface area contributed by atoms with Crippen LogP contribution < -0.4 is 0 Å². The van der Waals surface area contributed by atoms with Gasteiger partial charge < -0.3 is 0 Å². The van der Waals surface area contributed by atoms with Crippen molar-refractivity contribution in [2.24, 2.45) is 0 Å². The van der Waals surface area contributed by atoms with Gasteiger partial charge in [-0.1, -0.05) is 11.6 Å². The summed E-state index contributed by atoms with van der Waals surface area (Å²) in [6.07, 6.45) is 0.934. The second-order valence-corrected chi connectivity index (χ2v) is 2.72. The van der Waals surface area contributed by atoms with Crippen molar-refractivity contribution in [3.8, 4) is 0 Å². The summed E-state index contributed by atoms with van der Waals surface area (Å²) in [7, 11) is 0. The topological polar surface area (TPSA) is 34.1 Å². The zero-order chi connectivity index (χ0) is 7.72. The van der Waals surface area contributed by atoms with Gasteiger partial charge in [0.2, 0.25) is 0 Å². The fraction of sp³-hybridized carbons (Fsp3) is 0.429. The molecule has 0 aromatic carbocycles. The van der Waals surface area contributed by atoms with Crippen molar-refractivity contribution in [2.45, 2.75) is 19.8 Å². The highest BCUT2D eigenvalue weighted by Gasteiger charge is 2.24. The molecule has 0 N–H and O–H groups in total. The standard InChI is InChI=1S/C7H7ClO2/c1-4(9)7-5(8)2-3-6(7)10/h2-3H2,1H3. The lowest BCUT2D eigenvalue weighted by atomic mass is 10.1. The third-order valence-electron chi connectivity index (χ3n) is 1.47. The van der Waals surface area contributed by atoms with Gasteiger partial charge in [-0.2, -0.15) is 0 Å². The number of allylic oxidation sites excluding steroid dienone is 2. The van der Waals surface area contributed by atoms with Gasteiger partial charge in [-0.25, -0.2) is 0 Å². The zero-order valence-electron chi connectivity index (χ0n) is 5.61. The Balaban J connectivity index is 2.99. The molecule has 1 aliphatic carbocycles. The van der Waals surface area contributed by atoms with E-state index in [9.17, 15) is 9.59 Å². The SMILES string of the molecule is CC(=O)C1=C(Cl)CCC1=O. The van der Waals surface area contributed by atoms with Crippen LogP contribution in [0.5, 0.6) is 0 Å². The van der Waals surface area contributed by atoms with Crippen LogP contribution in [-0.2, 0) is 9.59 Å². The lowest BCUT2D eigenvalue weighted by Gasteiger charge is -1.91. The van der Waals surface area contributed by atoms with Gasteiger partial charge in [-0.05, 0) is 13.3 Å². The Morgan fingerprint density at radius 2 is 2.10 bits per heavy atom. The van der Waals surface area contributed by atoms with E-state index >= 15 is 0 Å². The number of hydrogen-bond acceptors (Lipinski definition) is 2. The highest BCUT2D eigenvalue weighted by atomic mass is 35.5. The van der Waals surface area contributed by atoms with E-state index < -0.39 is 0 Å². The fourth-order valence-electron chi connectivity index (χ4n) is 1.01. The van der Waals surface area contributed by atoms with E-state index in [1.165, 1.54) is 6.92 Å². The summed E-state index contributed by atoms with van der Waals surface area (Å²) in [6, 6.07) is 0. The second-order valence-electron chi connectivity index (χ2n) is 2.26. The van der Waals surface area contributed by atoms with E-state index in [4.69, 9.17) is 11.6 Å². The molecule has 0 saturated heterocycles. The summed E-state index contributed by atoms with van der Waals surface area (Å²) in [5.74, 6) is -0.329. The maximum atomic E-state index is 10.9. The minimum Gasteiger partial charge on any atom is -0.294 e. The van der Waals surface area contributed by atoms with E-state index in [-0.39, 0.29) is 17.1 Å². The maximum absolute atomic E-state index is 10.9. The summed E-state index contributed by atoms with van der Waals surface area (Å²) in [6.45, 7) is 1.36. The lowest BCUT2D eigenvalue weighted by molar-refractivity contribution is -0.119. The Hall–Kier alpha value is -0.630. The molecule has 0 spiro atoms. The van der Waals surface area contributed by atoms with Gasteiger partial charge >= 0.3 is 0 Å². The molecule has 1 rings (SSSR count). The van der Waals surface area contributed by atoms with Crippen LogP contribution in [0.3, 0.4) is 0 Å². The zero-order valence-corrected chi connectivity index (χ0v) is 6.36. The summed E-state index contributed by atoms with van der Waals surface area (Å²) in [5.41, 5.74) is 0.210. The molecule has 0 aromatic rings.